The van der Waals surface area contributed by atoms with Gasteiger partial charge >= 0.3 is 0 Å². The van der Waals surface area contributed by atoms with Crippen LogP contribution in [0.5, 0.6) is 0 Å². The van der Waals surface area contributed by atoms with Gasteiger partial charge in [-0.3, -0.25) is 4.98 Å². The Bertz CT molecular complexity index is 693. The van der Waals surface area contributed by atoms with Crippen LogP contribution < -0.4 is 5.32 Å². The van der Waals surface area contributed by atoms with Gasteiger partial charge in [-0.1, -0.05) is 31.2 Å². The Kier molecular flexibility index (Phi) is 5.31. The van der Waals surface area contributed by atoms with Gasteiger partial charge in [-0.2, -0.15) is 0 Å². The molecular weight excluding hydrogens is 284 g/mol. The van der Waals surface area contributed by atoms with Crippen LogP contribution in [0.3, 0.4) is 0 Å². The first-order valence-corrected chi connectivity index (χ1v) is 9.32. The van der Waals surface area contributed by atoms with Crippen LogP contribution in [0.1, 0.15) is 31.5 Å². The van der Waals surface area contributed by atoms with E-state index >= 15 is 0 Å². The summed E-state index contributed by atoms with van der Waals surface area (Å²) in [6.45, 7) is 2.94. The van der Waals surface area contributed by atoms with E-state index < -0.39 is 9.84 Å². The van der Waals surface area contributed by atoms with E-state index in [1.165, 1.54) is 6.26 Å². The van der Waals surface area contributed by atoms with E-state index in [-0.39, 0.29) is 11.8 Å². The molecule has 21 heavy (non-hydrogen) atoms. The van der Waals surface area contributed by atoms with Crippen molar-refractivity contribution in [2.75, 3.05) is 18.6 Å². The second-order valence-electron chi connectivity index (χ2n) is 5.34. The molecule has 0 bridgehead atoms. The minimum atomic E-state index is -2.97. The molecule has 0 saturated heterocycles. The summed E-state index contributed by atoms with van der Waals surface area (Å²) in [5.41, 5.74) is 0.935. The summed E-state index contributed by atoms with van der Waals surface area (Å²) in [5, 5.41) is 5.64. The number of nitrogens with zero attached hydrogens (tertiary/aromatic N) is 1. The molecule has 1 unspecified atom stereocenters. The minimum Gasteiger partial charge on any atom is -0.309 e. The zero-order valence-electron chi connectivity index (χ0n) is 12.5. The molecule has 1 heterocycles. The number of hydrogen-bond acceptors (Lipinski definition) is 4. The van der Waals surface area contributed by atoms with E-state index in [0.717, 1.165) is 29.4 Å². The molecule has 1 atom stereocenters. The zero-order valence-corrected chi connectivity index (χ0v) is 13.4. The molecule has 0 aliphatic carbocycles. The van der Waals surface area contributed by atoms with E-state index in [1.54, 1.807) is 6.20 Å². The van der Waals surface area contributed by atoms with E-state index in [0.29, 0.717) is 6.42 Å². The summed E-state index contributed by atoms with van der Waals surface area (Å²) in [7, 11) is -2.97. The second-order valence-corrected chi connectivity index (χ2v) is 7.60. The lowest BCUT2D eigenvalue weighted by Crippen LogP contribution is -2.25. The predicted molar refractivity (Wildman–Crippen MR) is 87.1 cm³/mol. The van der Waals surface area contributed by atoms with Gasteiger partial charge in [0, 0.05) is 17.8 Å². The fraction of sp³-hybridized carbons (Fsp3) is 0.438. The average Bonchev–Trinajstić information content (AvgIpc) is 2.46. The lowest BCUT2D eigenvalue weighted by Gasteiger charge is -2.19. The molecule has 1 N–H and O–H groups in total. The Balaban J connectivity index is 2.33. The van der Waals surface area contributed by atoms with Crippen LogP contribution >= 0.6 is 0 Å². The minimum absolute atomic E-state index is 0.0363. The van der Waals surface area contributed by atoms with Crippen LogP contribution in [0.4, 0.5) is 0 Å². The van der Waals surface area contributed by atoms with Gasteiger partial charge in [-0.05, 0) is 30.8 Å². The van der Waals surface area contributed by atoms with Gasteiger partial charge in [0.2, 0.25) is 0 Å². The Morgan fingerprint density at radius 2 is 2.00 bits per heavy atom. The van der Waals surface area contributed by atoms with Crippen molar-refractivity contribution in [3.63, 3.8) is 0 Å². The number of pyridine rings is 1. The van der Waals surface area contributed by atoms with E-state index in [2.05, 4.69) is 17.2 Å². The number of fused-ring (bicyclic) bond motifs is 1. The SMILES string of the molecule is CCCNC(CCS(C)(=O)=O)c1nccc2ccccc12. The van der Waals surface area contributed by atoms with Crippen molar-refractivity contribution in [2.24, 2.45) is 0 Å². The lowest BCUT2D eigenvalue weighted by molar-refractivity contribution is 0.507. The molecule has 0 spiro atoms. The highest BCUT2D eigenvalue weighted by Gasteiger charge is 2.17. The van der Waals surface area contributed by atoms with E-state index in [4.69, 9.17) is 0 Å². The molecule has 1 aromatic heterocycles. The zero-order chi connectivity index (χ0) is 15.3. The molecule has 0 aliphatic heterocycles. The van der Waals surface area contributed by atoms with Gasteiger partial charge in [0.1, 0.15) is 9.84 Å². The summed E-state index contributed by atoms with van der Waals surface area (Å²) >= 11 is 0. The molecule has 0 amide bonds. The molecule has 0 radical (unpaired) electrons. The molecule has 0 fully saturated rings. The van der Waals surface area contributed by atoms with Crippen LogP contribution in [-0.4, -0.2) is 32.0 Å². The van der Waals surface area contributed by atoms with Gasteiger partial charge in [0.25, 0.3) is 0 Å². The van der Waals surface area contributed by atoms with Crippen molar-refractivity contribution in [1.29, 1.82) is 0 Å². The average molecular weight is 306 g/mol. The van der Waals surface area contributed by atoms with Crippen molar-refractivity contribution in [3.8, 4) is 0 Å². The van der Waals surface area contributed by atoms with Crippen LogP contribution in [-0.2, 0) is 9.84 Å². The third-order valence-corrected chi connectivity index (χ3v) is 4.43. The number of rotatable bonds is 7. The summed E-state index contributed by atoms with van der Waals surface area (Å²) in [4.78, 5) is 4.50. The highest BCUT2D eigenvalue weighted by molar-refractivity contribution is 7.90. The largest absolute Gasteiger partial charge is 0.309 e. The Labute approximate surface area is 126 Å². The third kappa shape index (κ3) is 4.51. The highest BCUT2D eigenvalue weighted by Crippen LogP contribution is 2.24. The molecule has 2 rings (SSSR count). The molecule has 114 valence electrons. The molecule has 5 heteroatoms. The van der Waals surface area contributed by atoms with Gasteiger partial charge in [0.05, 0.1) is 17.5 Å². The number of hydrogen-bond donors (Lipinski definition) is 1. The molecule has 4 nitrogen and oxygen atoms in total. The molecule has 1 aromatic carbocycles. The monoisotopic (exact) mass is 306 g/mol. The van der Waals surface area contributed by atoms with Crippen molar-refractivity contribution in [2.45, 2.75) is 25.8 Å². The van der Waals surface area contributed by atoms with Gasteiger partial charge in [0.15, 0.2) is 0 Å². The van der Waals surface area contributed by atoms with Gasteiger partial charge in [-0.15, -0.1) is 0 Å². The quantitative estimate of drug-likeness (QED) is 0.854. The first-order valence-electron chi connectivity index (χ1n) is 7.26. The van der Waals surface area contributed by atoms with Crippen molar-refractivity contribution in [1.82, 2.24) is 10.3 Å². The summed E-state index contributed by atoms with van der Waals surface area (Å²) < 4.78 is 22.9. The second kappa shape index (κ2) is 7.00. The maximum Gasteiger partial charge on any atom is 0.147 e. The summed E-state index contributed by atoms with van der Waals surface area (Å²) in [5.74, 6) is 0.166. The number of nitrogens with one attached hydrogen (secondary N) is 1. The molecular formula is C16H22N2O2S. The molecule has 0 saturated carbocycles. The Morgan fingerprint density at radius 3 is 2.71 bits per heavy atom. The molecule has 2 aromatic rings. The summed E-state index contributed by atoms with van der Waals surface area (Å²) in [6.07, 6.45) is 4.61. The predicted octanol–water partition coefficient (Wildman–Crippen LogP) is 2.71. The smallest absolute Gasteiger partial charge is 0.147 e. The van der Waals surface area contributed by atoms with Crippen LogP contribution in [0.2, 0.25) is 0 Å². The van der Waals surface area contributed by atoms with Crippen LogP contribution in [0.15, 0.2) is 36.5 Å². The Morgan fingerprint density at radius 1 is 1.24 bits per heavy atom. The highest BCUT2D eigenvalue weighted by atomic mass is 32.2. The fourth-order valence-corrected chi connectivity index (χ4v) is 3.07. The maximum atomic E-state index is 11.5. The summed E-state index contributed by atoms with van der Waals surface area (Å²) in [6, 6.07) is 10.0. The van der Waals surface area contributed by atoms with Crippen LogP contribution in [0, 0.1) is 0 Å². The van der Waals surface area contributed by atoms with Crippen LogP contribution in [0.25, 0.3) is 10.8 Å². The Hall–Kier alpha value is -1.46. The normalized spacial score (nSPS) is 13.4. The van der Waals surface area contributed by atoms with Gasteiger partial charge < -0.3 is 5.32 Å². The van der Waals surface area contributed by atoms with Crippen molar-refractivity contribution < 1.29 is 8.42 Å². The van der Waals surface area contributed by atoms with E-state index in [1.807, 2.05) is 30.3 Å². The van der Waals surface area contributed by atoms with Crippen molar-refractivity contribution >= 4 is 20.6 Å². The fourth-order valence-electron chi connectivity index (χ4n) is 2.41. The number of sulfone groups is 1. The third-order valence-electron chi connectivity index (χ3n) is 3.45. The standard InChI is InChI=1S/C16H22N2O2S/c1-3-10-17-15(9-12-21(2,19)20)16-14-7-5-4-6-13(14)8-11-18-16/h4-8,11,15,17H,3,9-10,12H2,1-2H3. The molecule has 0 aliphatic rings. The van der Waals surface area contributed by atoms with Gasteiger partial charge in [-0.25, -0.2) is 8.42 Å². The van der Waals surface area contributed by atoms with E-state index in [9.17, 15) is 8.42 Å². The first kappa shape index (κ1) is 15.9. The first-order chi connectivity index (χ1) is 10.0. The number of benzene rings is 1. The lowest BCUT2D eigenvalue weighted by atomic mass is 10.0. The number of aromatic nitrogens is 1. The maximum absolute atomic E-state index is 11.5. The topological polar surface area (TPSA) is 59.1 Å². The van der Waals surface area contributed by atoms with Crippen molar-refractivity contribution in [3.05, 3.63) is 42.2 Å².